The number of carbonyl (C=O) groups excluding carboxylic acids is 1. The summed E-state index contributed by atoms with van der Waals surface area (Å²) in [6.07, 6.45) is 7.79. The zero-order valence-electron chi connectivity index (χ0n) is 20.3. The van der Waals surface area contributed by atoms with Crippen molar-refractivity contribution < 1.29 is 29.3 Å². The van der Waals surface area contributed by atoms with Crippen molar-refractivity contribution in [2.45, 2.75) is 97.2 Å². The predicted octanol–water partition coefficient (Wildman–Crippen LogP) is 5.84. The van der Waals surface area contributed by atoms with Gasteiger partial charge in [-0.3, -0.25) is 4.79 Å². The molecule has 0 aromatic rings. The van der Waals surface area contributed by atoms with Gasteiger partial charge in [0.1, 0.15) is 6.10 Å². The first-order valence-corrected chi connectivity index (χ1v) is 13.4. The van der Waals surface area contributed by atoms with Crippen molar-refractivity contribution in [3.63, 3.8) is 0 Å². The first-order valence-electron chi connectivity index (χ1n) is 12.9. The van der Waals surface area contributed by atoms with E-state index in [4.69, 9.17) is 26.2 Å². The van der Waals surface area contributed by atoms with E-state index in [0.717, 1.165) is 57.8 Å². The minimum atomic E-state index is -0.706. The van der Waals surface area contributed by atoms with Crippen molar-refractivity contribution in [3.05, 3.63) is 0 Å². The van der Waals surface area contributed by atoms with Crippen molar-refractivity contribution in [1.82, 2.24) is 0 Å². The number of carbonyl (C=O) groups is 2. The van der Waals surface area contributed by atoms with Crippen LogP contribution in [0.3, 0.4) is 0 Å². The second-order valence-electron chi connectivity index (χ2n) is 12.0. The molecule has 2 N–H and O–H groups in total. The van der Waals surface area contributed by atoms with Gasteiger partial charge < -0.3 is 19.7 Å². The van der Waals surface area contributed by atoms with E-state index in [1.165, 1.54) is 0 Å². The van der Waals surface area contributed by atoms with Gasteiger partial charge in [-0.1, -0.05) is 32.4 Å². The minimum absolute atomic E-state index is 0.161. The van der Waals surface area contributed by atoms with Crippen LogP contribution in [0, 0.1) is 46.3 Å². The molecule has 188 valence electrons. The summed E-state index contributed by atoms with van der Waals surface area (Å²) in [5.41, 5.74) is 0.351. The Morgan fingerprint density at radius 2 is 1.76 bits per heavy atom. The van der Waals surface area contributed by atoms with Crippen LogP contribution in [0.25, 0.3) is 0 Å². The molecule has 4 rings (SSSR count). The molecule has 0 heterocycles. The summed E-state index contributed by atoms with van der Waals surface area (Å²) >= 11 is 5.48. The topological polar surface area (TPSA) is 93.1 Å². The average molecular weight is 485 g/mol. The van der Waals surface area contributed by atoms with Gasteiger partial charge in [-0.25, -0.2) is 4.79 Å². The number of alkyl halides is 1. The maximum atomic E-state index is 11.8. The molecule has 0 aliphatic heterocycles. The van der Waals surface area contributed by atoms with Crippen molar-refractivity contribution in [3.8, 4) is 0 Å². The lowest BCUT2D eigenvalue weighted by Gasteiger charge is -2.62. The second kappa shape index (κ2) is 9.56. The summed E-state index contributed by atoms with van der Waals surface area (Å²) in [6.45, 7) is 7.08. The Morgan fingerprint density at radius 3 is 2.45 bits per heavy atom. The standard InChI is InChI=1S/C26H41ClO6/c1-15(4-7-22(29)30)18-5-6-19-23-20(9-11-26(18,19)3)25(2)10-8-17(33-24(31)32-14-27)12-16(25)13-21(23)28/h15-21,23,28H,4-14H2,1-3H3,(H,29,30)/t15-,16?,17-,18?,19?,20?,21+,23?,25+,26-/m1/s1. The van der Waals surface area contributed by atoms with Crippen molar-refractivity contribution in [1.29, 1.82) is 0 Å². The van der Waals surface area contributed by atoms with Crippen LogP contribution >= 0.6 is 11.6 Å². The monoisotopic (exact) mass is 484 g/mol. The molecule has 0 saturated heterocycles. The third-order valence-electron chi connectivity index (χ3n) is 10.6. The number of rotatable bonds is 6. The van der Waals surface area contributed by atoms with Crippen LogP contribution in [0.1, 0.15) is 85.0 Å². The fraction of sp³-hybridized carbons (Fsp3) is 0.923. The van der Waals surface area contributed by atoms with Gasteiger partial charge >= 0.3 is 12.1 Å². The SMILES string of the molecule is C[C@H](CCC(=O)O)C1CCC2C3C(CC[C@@]21C)[C@@]1(C)CC[C@@H](OC(=O)OCCl)CC1C[C@@H]3O. The maximum absolute atomic E-state index is 11.8. The lowest BCUT2D eigenvalue weighted by Crippen LogP contribution is -2.58. The molecular formula is C26H41ClO6. The molecular weight excluding hydrogens is 444 g/mol. The Bertz CT molecular complexity index is 744. The summed E-state index contributed by atoms with van der Waals surface area (Å²) in [4.78, 5) is 22.9. The van der Waals surface area contributed by atoms with Crippen molar-refractivity contribution in [2.24, 2.45) is 46.3 Å². The highest BCUT2D eigenvalue weighted by molar-refractivity contribution is 6.17. The molecule has 10 atom stereocenters. The molecule has 0 spiro atoms. The summed E-state index contributed by atoms with van der Waals surface area (Å²) < 4.78 is 10.2. The molecule has 4 aliphatic rings. The fourth-order valence-electron chi connectivity index (χ4n) is 9.03. The molecule has 6 nitrogen and oxygen atoms in total. The number of hydrogen-bond donors (Lipinski definition) is 2. The first kappa shape index (κ1) is 25.1. The molecule has 7 heteroatoms. The molecule has 0 bridgehead atoms. The Balaban J connectivity index is 1.48. The quantitative estimate of drug-likeness (QED) is 0.363. The van der Waals surface area contributed by atoms with Crippen LogP contribution in [0.4, 0.5) is 4.79 Å². The number of ether oxygens (including phenoxy) is 2. The molecule has 5 unspecified atom stereocenters. The maximum Gasteiger partial charge on any atom is 0.509 e. The summed E-state index contributed by atoms with van der Waals surface area (Å²) in [7, 11) is 0. The summed E-state index contributed by atoms with van der Waals surface area (Å²) in [5, 5.41) is 20.6. The molecule has 33 heavy (non-hydrogen) atoms. The zero-order valence-corrected chi connectivity index (χ0v) is 21.1. The van der Waals surface area contributed by atoms with Crippen LogP contribution in [0.15, 0.2) is 0 Å². The van der Waals surface area contributed by atoms with Gasteiger partial charge in [-0.15, -0.1) is 0 Å². The number of aliphatic hydroxyl groups excluding tert-OH is 1. The summed E-state index contributed by atoms with van der Waals surface area (Å²) in [6, 6.07) is -0.203. The Labute approximate surface area is 202 Å². The van der Waals surface area contributed by atoms with E-state index in [1.54, 1.807) is 0 Å². The lowest BCUT2D eigenvalue weighted by atomic mass is 9.43. The van der Waals surface area contributed by atoms with Crippen LogP contribution in [0.5, 0.6) is 0 Å². The number of carboxylic acids is 1. The molecule has 4 aliphatic carbocycles. The molecule has 4 fully saturated rings. The average Bonchev–Trinajstić information content (AvgIpc) is 3.10. The van der Waals surface area contributed by atoms with E-state index in [0.29, 0.717) is 35.5 Å². The number of aliphatic hydroxyl groups is 1. The normalized spacial score (nSPS) is 45.3. The third-order valence-corrected chi connectivity index (χ3v) is 10.8. The molecule has 0 radical (unpaired) electrons. The fourth-order valence-corrected chi connectivity index (χ4v) is 9.12. The minimum Gasteiger partial charge on any atom is -0.481 e. The molecule has 0 aromatic heterocycles. The van der Waals surface area contributed by atoms with Crippen molar-refractivity contribution in [2.75, 3.05) is 6.07 Å². The highest BCUT2D eigenvalue weighted by Crippen LogP contribution is 2.68. The number of aliphatic carboxylic acids is 1. The summed E-state index contributed by atoms with van der Waals surface area (Å²) in [5.74, 6) is 1.90. The van der Waals surface area contributed by atoms with E-state index in [2.05, 4.69) is 20.8 Å². The van der Waals surface area contributed by atoms with Crippen LogP contribution < -0.4 is 0 Å². The predicted molar refractivity (Wildman–Crippen MR) is 125 cm³/mol. The number of carboxylic acid groups (broad SMARTS) is 1. The van der Waals surface area contributed by atoms with Crippen molar-refractivity contribution >= 4 is 23.7 Å². The largest absolute Gasteiger partial charge is 0.509 e. The van der Waals surface area contributed by atoms with Crippen LogP contribution in [0.2, 0.25) is 0 Å². The van der Waals surface area contributed by atoms with E-state index >= 15 is 0 Å². The second-order valence-corrected chi connectivity index (χ2v) is 12.2. The third kappa shape index (κ3) is 4.51. The van der Waals surface area contributed by atoms with Gasteiger partial charge in [0.15, 0.2) is 6.07 Å². The Kier molecular flexibility index (Phi) is 7.27. The molecule has 4 saturated carbocycles. The van der Waals surface area contributed by atoms with E-state index in [1.807, 2.05) is 0 Å². The highest BCUT2D eigenvalue weighted by Gasteiger charge is 2.63. The van der Waals surface area contributed by atoms with Gasteiger partial charge in [0, 0.05) is 6.42 Å². The molecule has 0 aromatic carbocycles. The number of fused-ring (bicyclic) bond motifs is 5. The number of halogens is 1. The Morgan fingerprint density at radius 1 is 1.06 bits per heavy atom. The smallest absolute Gasteiger partial charge is 0.481 e. The van der Waals surface area contributed by atoms with Gasteiger partial charge in [0.2, 0.25) is 0 Å². The number of hydrogen-bond acceptors (Lipinski definition) is 5. The van der Waals surface area contributed by atoms with Gasteiger partial charge in [-0.05, 0) is 104 Å². The van der Waals surface area contributed by atoms with Crippen LogP contribution in [-0.4, -0.2) is 40.6 Å². The first-order chi connectivity index (χ1) is 15.6. The van der Waals surface area contributed by atoms with Gasteiger partial charge in [-0.2, -0.15) is 0 Å². The highest BCUT2D eigenvalue weighted by atomic mass is 35.5. The molecule has 0 amide bonds. The zero-order chi connectivity index (χ0) is 24.0. The van der Waals surface area contributed by atoms with E-state index < -0.39 is 12.1 Å². The van der Waals surface area contributed by atoms with Crippen LogP contribution in [-0.2, 0) is 14.3 Å². The lowest BCUT2D eigenvalue weighted by molar-refractivity contribution is -0.175. The van der Waals surface area contributed by atoms with E-state index in [-0.39, 0.29) is 35.5 Å². The van der Waals surface area contributed by atoms with E-state index in [9.17, 15) is 14.7 Å². The van der Waals surface area contributed by atoms with Gasteiger partial charge in [0.25, 0.3) is 0 Å². The Hall–Kier alpha value is -1.01. The van der Waals surface area contributed by atoms with Gasteiger partial charge in [0.05, 0.1) is 6.10 Å².